The molecule has 0 spiro atoms. The highest BCUT2D eigenvalue weighted by molar-refractivity contribution is 5.86. The molecule has 0 bridgehead atoms. The third-order valence-corrected chi connectivity index (χ3v) is 2.93. The van der Waals surface area contributed by atoms with Crippen molar-refractivity contribution in [3.63, 3.8) is 0 Å². The molecular formula is C13H13N7O5. The number of nitro benzene ring substituents is 1. The van der Waals surface area contributed by atoms with Crippen LogP contribution in [0.4, 0.5) is 11.5 Å². The quantitative estimate of drug-likeness (QED) is 0.304. The van der Waals surface area contributed by atoms with Gasteiger partial charge in [-0.15, -0.1) is 5.10 Å². The molecule has 0 aliphatic carbocycles. The second-order valence-corrected chi connectivity index (χ2v) is 4.81. The number of aromatic nitrogens is 3. The Balaban J connectivity index is 1.97. The average molecular weight is 347 g/mol. The molecule has 0 aliphatic heterocycles. The molecule has 1 aromatic heterocycles. The lowest BCUT2D eigenvalue weighted by Crippen LogP contribution is -2.38. The van der Waals surface area contributed by atoms with Crippen molar-refractivity contribution in [1.29, 1.82) is 0 Å². The van der Waals surface area contributed by atoms with Crippen LogP contribution in [0.1, 0.15) is 12.5 Å². The number of anilines is 1. The van der Waals surface area contributed by atoms with Crippen molar-refractivity contribution in [2.24, 2.45) is 5.10 Å². The highest BCUT2D eigenvalue weighted by atomic mass is 16.6. The SMILES string of the molecule is CC(Nc1n[nH]c(=O)[nH]c1=O)C(=O)NN=Cc1cccc([N+](=O)[O-])c1. The first-order chi connectivity index (χ1) is 11.9. The van der Waals surface area contributed by atoms with Gasteiger partial charge in [0.15, 0.2) is 0 Å². The van der Waals surface area contributed by atoms with Crippen molar-refractivity contribution < 1.29 is 9.72 Å². The molecule has 0 saturated heterocycles. The summed E-state index contributed by atoms with van der Waals surface area (Å²) in [5.41, 5.74) is 0.995. The van der Waals surface area contributed by atoms with Gasteiger partial charge in [0.25, 0.3) is 17.2 Å². The van der Waals surface area contributed by atoms with Gasteiger partial charge in [-0.3, -0.25) is 24.7 Å². The van der Waals surface area contributed by atoms with E-state index in [1.807, 2.05) is 10.1 Å². The number of amides is 1. The summed E-state index contributed by atoms with van der Waals surface area (Å²) >= 11 is 0. The Morgan fingerprint density at radius 1 is 1.44 bits per heavy atom. The van der Waals surface area contributed by atoms with Gasteiger partial charge in [0.2, 0.25) is 5.82 Å². The number of nitrogens with one attached hydrogen (secondary N) is 4. The zero-order chi connectivity index (χ0) is 18.4. The normalized spacial score (nSPS) is 11.9. The lowest BCUT2D eigenvalue weighted by molar-refractivity contribution is -0.384. The maximum absolute atomic E-state index is 11.9. The zero-order valence-corrected chi connectivity index (χ0v) is 12.8. The molecular weight excluding hydrogens is 334 g/mol. The third-order valence-electron chi connectivity index (χ3n) is 2.93. The summed E-state index contributed by atoms with van der Waals surface area (Å²) in [5.74, 6) is -0.820. The predicted molar refractivity (Wildman–Crippen MR) is 87.4 cm³/mol. The molecule has 1 amide bonds. The molecule has 2 rings (SSSR count). The number of carbonyl (C=O) groups excluding carboxylic acids is 1. The monoisotopic (exact) mass is 347 g/mol. The number of nitrogens with zero attached hydrogens (tertiary/aromatic N) is 3. The van der Waals surface area contributed by atoms with E-state index in [4.69, 9.17) is 0 Å². The second kappa shape index (κ2) is 7.63. The molecule has 2 aromatic rings. The number of carbonyl (C=O) groups is 1. The Morgan fingerprint density at radius 2 is 2.20 bits per heavy atom. The van der Waals surface area contributed by atoms with E-state index < -0.39 is 28.1 Å². The van der Waals surface area contributed by atoms with Crippen LogP contribution in [-0.2, 0) is 4.79 Å². The minimum atomic E-state index is -0.887. The summed E-state index contributed by atoms with van der Waals surface area (Å²) in [6.07, 6.45) is 1.24. The number of aromatic amines is 2. The van der Waals surface area contributed by atoms with Gasteiger partial charge in [-0.2, -0.15) is 5.10 Å². The molecule has 130 valence electrons. The number of benzene rings is 1. The molecule has 1 unspecified atom stereocenters. The van der Waals surface area contributed by atoms with Crippen LogP contribution < -0.4 is 22.0 Å². The van der Waals surface area contributed by atoms with Crippen LogP contribution in [0.5, 0.6) is 0 Å². The number of non-ortho nitro benzene ring substituents is 1. The molecule has 1 atom stereocenters. The number of rotatable bonds is 6. The maximum atomic E-state index is 11.9. The zero-order valence-electron chi connectivity index (χ0n) is 12.8. The van der Waals surface area contributed by atoms with Gasteiger partial charge < -0.3 is 5.32 Å². The number of hydrazone groups is 1. The number of hydrogen-bond donors (Lipinski definition) is 4. The van der Waals surface area contributed by atoms with E-state index in [1.54, 1.807) is 6.07 Å². The Bertz CT molecular complexity index is 933. The van der Waals surface area contributed by atoms with Gasteiger partial charge in [0.05, 0.1) is 11.1 Å². The van der Waals surface area contributed by atoms with E-state index in [9.17, 15) is 24.5 Å². The summed E-state index contributed by atoms with van der Waals surface area (Å²) in [7, 11) is 0. The fraction of sp³-hybridized carbons (Fsp3) is 0.154. The van der Waals surface area contributed by atoms with E-state index in [-0.39, 0.29) is 11.5 Å². The highest BCUT2D eigenvalue weighted by Gasteiger charge is 2.14. The van der Waals surface area contributed by atoms with Gasteiger partial charge in [0.1, 0.15) is 6.04 Å². The maximum Gasteiger partial charge on any atom is 0.342 e. The Labute approximate surface area is 139 Å². The summed E-state index contributed by atoms with van der Waals surface area (Å²) < 4.78 is 0. The second-order valence-electron chi connectivity index (χ2n) is 4.81. The topological polar surface area (TPSA) is 175 Å². The Morgan fingerprint density at radius 3 is 2.88 bits per heavy atom. The molecule has 0 saturated carbocycles. The van der Waals surface area contributed by atoms with Gasteiger partial charge in [-0.05, 0) is 6.92 Å². The smallest absolute Gasteiger partial charge is 0.342 e. The van der Waals surface area contributed by atoms with E-state index in [2.05, 4.69) is 20.9 Å². The molecule has 25 heavy (non-hydrogen) atoms. The first-order valence-electron chi connectivity index (χ1n) is 6.89. The van der Waals surface area contributed by atoms with Crippen LogP contribution in [0.2, 0.25) is 0 Å². The minimum Gasteiger partial charge on any atom is -0.353 e. The van der Waals surface area contributed by atoms with Crippen molar-refractivity contribution in [3.05, 3.63) is 60.8 Å². The van der Waals surface area contributed by atoms with Gasteiger partial charge in [-0.1, -0.05) is 12.1 Å². The van der Waals surface area contributed by atoms with Gasteiger partial charge in [0, 0.05) is 17.7 Å². The lowest BCUT2D eigenvalue weighted by Gasteiger charge is -2.11. The number of hydrogen-bond acceptors (Lipinski definition) is 8. The van der Waals surface area contributed by atoms with Crippen LogP contribution in [0, 0.1) is 10.1 Å². The molecule has 4 N–H and O–H groups in total. The Hall–Kier alpha value is -3.83. The number of nitro groups is 1. The minimum absolute atomic E-state index is 0.103. The Kier molecular flexibility index (Phi) is 5.35. The average Bonchev–Trinajstić information content (AvgIpc) is 2.57. The number of H-pyrrole nitrogens is 2. The predicted octanol–water partition coefficient (Wildman–Crippen LogP) is -0.683. The summed E-state index contributed by atoms with van der Waals surface area (Å²) in [6.45, 7) is 1.45. The molecule has 0 radical (unpaired) electrons. The first kappa shape index (κ1) is 17.5. The van der Waals surface area contributed by atoms with Gasteiger partial charge in [-0.25, -0.2) is 15.3 Å². The van der Waals surface area contributed by atoms with E-state index in [0.717, 1.165) is 0 Å². The van der Waals surface area contributed by atoms with Crippen LogP contribution in [0.25, 0.3) is 0 Å². The van der Waals surface area contributed by atoms with Crippen LogP contribution in [0.3, 0.4) is 0 Å². The molecule has 0 fully saturated rings. The van der Waals surface area contributed by atoms with Gasteiger partial charge >= 0.3 is 5.69 Å². The summed E-state index contributed by atoms with van der Waals surface area (Å²) in [6, 6.07) is 4.80. The van der Waals surface area contributed by atoms with Crippen molar-refractivity contribution in [3.8, 4) is 0 Å². The molecule has 1 heterocycles. The van der Waals surface area contributed by atoms with Crippen LogP contribution in [-0.4, -0.2) is 38.3 Å². The first-order valence-corrected chi connectivity index (χ1v) is 6.89. The van der Waals surface area contributed by atoms with E-state index in [1.165, 1.54) is 31.3 Å². The molecule has 12 nitrogen and oxygen atoms in total. The highest BCUT2D eigenvalue weighted by Crippen LogP contribution is 2.11. The summed E-state index contributed by atoms with van der Waals surface area (Å²) in [4.78, 5) is 46.3. The fourth-order valence-electron chi connectivity index (χ4n) is 1.70. The molecule has 12 heteroatoms. The van der Waals surface area contributed by atoms with E-state index in [0.29, 0.717) is 5.56 Å². The van der Waals surface area contributed by atoms with Crippen LogP contribution >= 0.6 is 0 Å². The van der Waals surface area contributed by atoms with Crippen LogP contribution in [0.15, 0.2) is 39.0 Å². The van der Waals surface area contributed by atoms with Crippen molar-refractivity contribution in [2.45, 2.75) is 13.0 Å². The van der Waals surface area contributed by atoms with E-state index >= 15 is 0 Å². The van der Waals surface area contributed by atoms with Crippen molar-refractivity contribution in [1.82, 2.24) is 20.6 Å². The molecule has 0 aliphatic rings. The third kappa shape index (κ3) is 4.82. The lowest BCUT2D eigenvalue weighted by atomic mass is 10.2. The largest absolute Gasteiger partial charge is 0.353 e. The standard InChI is InChI=1S/C13H13N7O5/c1-7(15-10-12(22)16-13(23)19-17-10)11(21)18-14-6-8-3-2-4-9(5-8)20(24)25/h2-7H,1H3,(H,15,17)(H,18,21)(H2,16,19,22,23). The van der Waals surface area contributed by atoms with Crippen molar-refractivity contribution in [2.75, 3.05) is 5.32 Å². The fourth-order valence-corrected chi connectivity index (χ4v) is 1.70. The molecule has 1 aromatic carbocycles. The summed E-state index contributed by atoms with van der Waals surface area (Å²) in [5, 5.41) is 22.4. The van der Waals surface area contributed by atoms with Crippen molar-refractivity contribution >= 4 is 23.6 Å².